The average molecular weight is 246 g/mol. The van der Waals surface area contributed by atoms with E-state index in [1.807, 2.05) is 0 Å². The normalized spacial score (nSPS) is 10.3. The van der Waals surface area contributed by atoms with E-state index in [1.54, 1.807) is 30.2 Å². The van der Waals surface area contributed by atoms with Crippen molar-refractivity contribution < 1.29 is 9.90 Å². The van der Waals surface area contributed by atoms with Gasteiger partial charge in [-0.05, 0) is 18.2 Å². The van der Waals surface area contributed by atoms with Crippen LogP contribution in [-0.2, 0) is 13.5 Å². The maximum Gasteiger partial charge on any atom is 0.251 e. The van der Waals surface area contributed by atoms with Gasteiger partial charge in [-0.2, -0.15) is 5.10 Å². The summed E-state index contributed by atoms with van der Waals surface area (Å²) >= 11 is 0. The van der Waals surface area contributed by atoms with E-state index in [2.05, 4.69) is 15.4 Å². The number of nitrogens with one attached hydrogen (secondary N) is 1. The number of phenolic OH excluding ortho intramolecular Hbond substituents is 1. The molecule has 0 spiro atoms. The Balaban J connectivity index is 1.85. The Kier molecular flexibility index (Phi) is 3.57. The second-order valence-electron chi connectivity index (χ2n) is 3.89. The maximum atomic E-state index is 11.7. The zero-order chi connectivity index (χ0) is 13.0. The SMILES string of the molecule is Cn1cnc(CCNC(=O)c2cccc(O)c2)n1. The van der Waals surface area contributed by atoms with Crippen LogP contribution in [0.5, 0.6) is 5.75 Å². The summed E-state index contributed by atoms with van der Waals surface area (Å²) in [6.07, 6.45) is 2.19. The smallest absolute Gasteiger partial charge is 0.251 e. The topological polar surface area (TPSA) is 80.0 Å². The number of amides is 1. The Labute approximate surface area is 104 Å². The molecule has 0 unspecified atom stereocenters. The molecule has 0 fully saturated rings. The summed E-state index contributed by atoms with van der Waals surface area (Å²) in [6.45, 7) is 0.457. The minimum Gasteiger partial charge on any atom is -0.508 e. The highest BCUT2D eigenvalue weighted by Gasteiger charge is 2.06. The molecule has 1 aromatic carbocycles. The lowest BCUT2D eigenvalue weighted by Gasteiger charge is -2.03. The number of carbonyl (C=O) groups excluding carboxylic acids is 1. The first-order chi connectivity index (χ1) is 8.65. The Hall–Kier alpha value is -2.37. The van der Waals surface area contributed by atoms with Crippen molar-refractivity contribution in [2.45, 2.75) is 6.42 Å². The third-order valence-electron chi connectivity index (χ3n) is 2.39. The lowest BCUT2D eigenvalue weighted by atomic mass is 10.2. The Morgan fingerprint density at radius 1 is 1.50 bits per heavy atom. The molecule has 0 radical (unpaired) electrons. The highest BCUT2D eigenvalue weighted by Crippen LogP contribution is 2.10. The lowest BCUT2D eigenvalue weighted by Crippen LogP contribution is -2.25. The van der Waals surface area contributed by atoms with Gasteiger partial charge in [0.15, 0.2) is 5.82 Å². The van der Waals surface area contributed by atoms with Crippen LogP contribution in [-0.4, -0.2) is 32.3 Å². The van der Waals surface area contributed by atoms with E-state index in [1.165, 1.54) is 12.1 Å². The van der Waals surface area contributed by atoms with E-state index in [9.17, 15) is 9.90 Å². The Bertz CT molecular complexity index is 551. The van der Waals surface area contributed by atoms with Crippen LogP contribution >= 0.6 is 0 Å². The number of carbonyl (C=O) groups is 1. The van der Waals surface area contributed by atoms with Gasteiger partial charge in [0.2, 0.25) is 0 Å². The van der Waals surface area contributed by atoms with E-state index in [-0.39, 0.29) is 11.7 Å². The average Bonchev–Trinajstić information content (AvgIpc) is 2.75. The molecule has 1 aromatic heterocycles. The molecule has 0 aliphatic heterocycles. The van der Waals surface area contributed by atoms with Gasteiger partial charge in [0.25, 0.3) is 5.91 Å². The van der Waals surface area contributed by atoms with Crippen molar-refractivity contribution in [1.82, 2.24) is 20.1 Å². The summed E-state index contributed by atoms with van der Waals surface area (Å²) in [5.74, 6) is 0.546. The fraction of sp³-hybridized carbons (Fsp3) is 0.250. The number of nitrogens with zero attached hydrogens (tertiary/aromatic N) is 3. The van der Waals surface area contributed by atoms with Crippen LogP contribution < -0.4 is 5.32 Å². The number of benzene rings is 1. The molecule has 0 saturated heterocycles. The van der Waals surface area contributed by atoms with E-state index in [4.69, 9.17) is 0 Å². The lowest BCUT2D eigenvalue weighted by molar-refractivity contribution is 0.0953. The van der Waals surface area contributed by atoms with Crippen LogP contribution in [0.4, 0.5) is 0 Å². The first kappa shape index (κ1) is 12.1. The van der Waals surface area contributed by atoms with Crippen molar-refractivity contribution in [2.75, 3.05) is 6.54 Å². The van der Waals surface area contributed by atoms with Gasteiger partial charge in [-0.1, -0.05) is 6.07 Å². The van der Waals surface area contributed by atoms with Crippen molar-refractivity contribution in [3.8, 4) is 5.75 Å². The summed E-state index contributed by atoms with van der Waals surface area (Å²) in [5.41, 5.74) is 0.434. The summed E-state index contributed by atoms with van der Waals surface area (Å²) in [4.78, 5) is 15.8. The predicted molar refractivity (Wildman–Crippen MR) is 65.1 cm³/mol. The fourth-order valence-electron chi connectivity index (χ4n) is 1.54. The first-order valence-corrected chi connectivity index (χ1v) is 5.57. The monoisotopic (exact) mass is 246 g/mol. The van der Waals surface area contributed by atoms with Crippen molar-refractivity contribution in [2.24, 2.45) is 7.05 Å². The van der Waals surface area contributed by atoms with Gasteiger partial charge in [-0.3, -0.25) is 9.48 Å². The minimum absolute atomic E-state index is 0.0778. The molecule has 0 atom stereocenters. The molecule has 0 aliphatic rings. The summed E-state index contributed by atoms with van der Waals surface area (Å²) in [6, 6.07) is 6.22. The number of aromatic hydroxyl groups is 1. The minimum atomic E-state index is -0.221. The number of phenols is 1. The van der Waals surface area contributed by atoms with Gasteiger partial charge >= 0.3 is 0 Å². The van der Waals surface area contributed by atoms with E-state index < -0.39 is 0 Å². The van der Waals surface area contributed by atoms with Crippen molar-refractivity contribution in [3.05, 3.63) is 42.0 Å². The van der Waals surface area contributed by atoms with Gasteiger partial charge in [0.05, 0.1) is 0 Å². The number of aryl methyl sites for hydroxylation is 1. The third kappa shape index (κ3) is 3.07. The molecule has 0 aliphatic carbocycles. The van der Waals surface area contributed by atoms with Crippen molar-refractivity contribution in [3.63, 3.8) is 0 Å². The standard InChI is InChI=1S/C12H14N4O2/c1-16-8-14-11(15-16)5-6-13-12(18)9-3-2-4-10(17)7-9/h2-4,7-8,17H,5-6H2,1H3,(H,13,18). The zero-order valence-corrected chi connectivity index (χ0v) is 10.00. The van der Waals surface area contributed by atoms with Crippen molar-refractivity contribution in [1.29, 1.82) is 0 Å². The molecule has 6 heteroatoms. The van der Waals surface area contributed by atoms with Gasteiger partial charge in [-0.25, -0.2) is 4.98 Å². The quantitative estimate of drug-likeness (QED) is 0.823. The molecular formula is C12H14N4O2. The molecule has 0 bridgehead atoms. The van der Waals surface area contributed by atoms with E-state index in [0.717, 1.165) is 0 Å². The predicted octanol–water partition coefficient (Wildman–Crippen LogP) is 0.493. The summed E-state index contributed by atoms with van der Waals surface area (Å²) in [7, 11) is 1.79. The van der Waals surface area contributed by atoms with Crippen molar-refractivity contribution >= 4 is 5.91 Å². The molecule has 0 saturated carbocycles. The van der Waals surface area contributed by atoms with Crippen LogP contribution in [0.3, 0.4) is 0 Å². The fourth-order valence-corrected chi connectivity index (χ4v) is 1.54. The second-order valence-corrected chi connectivity index (χ2v) is 3.89. The highest BCUT2D eigenvalue weighted by atomic mass is 16.3. The Morgan fingerprint density at radius 2 is 2.33 bits per heavy atom. The highest BCUT2D eigenvalue weighted by molar-refractivity contribution is 5.94. The van der Waals surface area contributed by atoms with E-state index >= 15 is 0 Å². The zero-order valence-electron chi connectivity index (χ0n) is 10.00. The number of hydrogen-bond donors (Lipinski definition) is 2. The first-order valence-electron chi connectivity index (χ1n) is 5.57. The number of hydrogen-bond acceptors (Lipinski definition) is 4. The largest absolute Gasteiger partial charge is 0.508 e. The number of rotatable bonds is 4. The van der Waals surface area contributed by atoms with E-state index in [0.29, 0.717) is 24.4 Å². The summed E-state index contributed by atoms with van der Waals surface area (Å²) < 4.78 is 1.62. The second kappa shape index (κ2) is 5.31. The summed E-state index contributed by atoms with van der Waals surface area (Å²) in [5, 5.41) is 16.1. The van der Waals surface area contributed by atoms with Gasteiger partial charge in [0, 0.05) is 25.6 Å². The molecule has 2 N–H and O–H groups in total. The number of aromatic nitrogens is 3. The Morgan fingerprint density at radius 3 is 3.00 bits per heavy atom. The molecule has 1 amide bonds. The van der Waals surface area contributed by atoms with Gasteiger partial charge in [-0.15, -0.1) is 0 Å². The molecule has 2 aromatic rings. The third-order valence-corrected chi connectivity index (χ3v) is 2.39. The van der Waals surface area contributed by atoms with Crippen LogP contribution in [0, 0.1) is 0 Å². The molecule has 94 valence electrons. The molecule has 6 nitrogen and oxygen atoms in total. The van der Waals surface area contributed by atoms with Crippen LogP contribution in [0.15, 0.2) is 30.6 Å². The van der Waals surface area contributed by atoms with Gasteiger partial charge in [0.1, 0.15) is 12.1 Å². The molecule has 1 heterocycles. The maximum absolute atomic E-state index is 11.7. The van der Waals surface area contributed by atoms with Crippen LogP contribution in [0.25, 0.3) is 0 Å². The van der Waals surface area contributed by atoms with Crippen LogP contribution in [0.1, 0.15) is 16.2 Å². The van der Waals surface area contributed by atoms with Crippen LogP contribution in [0.2, 0.25) is 0 Å². The molecule has 2 rings (SSSR count). The molecular weight excluding hydrogens is 232 g/mol. The van der Waals surface area contributed by atoms with Gasteiger partial charge < -0.3 is 10.4 Å². The molecule has 18 heavy (non-hydrogen) atoms.